The number of nitrogens with zero attached hydrogens (tertiary/aromatic N) is 1. The number of hydrogen-bond donors (Lipinski definition) is 0. The highest BCUT2D eigenvalue weighted by Crippen LogP contribution is 2.42. The van der Waals surface area contributed by atoms with Crippen molar-refractivity contribution in [1.29, 1.82) is 0 Å². The minimum Gasteiger partial charge on any atom is -0.311 e. The highest BCUT2D eigenvalue weighted by atomic mass is 15.1. The molecule has 0 aliphatic rings. The molecule has 0 bridgehead atoms. The van der Waals surface area contributed by atoms with Crippen LogP contribution in [0, 0.1) is 0 Å². The second-order valence-electron chi connectivity index (χ2n) is 17.4. The van der Waals surface area contributed by atoms with Gasteiger partial charge in [-0.1, -0.05) is 230 Å². The summed E-state index contributed by atoms with van der Waals surface area (Å²) in [6.45, 7) is 0. The number of benzene rings is 12. The predicted octanol–water partition coefficient (Wildman–Crippen LogP) is 19.1. The summed E-state index contributed by atoms with van der Waals surface area (Å²) in [5, 5.41) is 4.56. The predicted molar refractivity (Wildman–Crippen MR) is 294 cm³/mol. The first-order valence-corrected chi connectivity index (χ1v) is 23.4. The van der Waals surface area contributed by atoms with Crippen LogP contribution < -0.4 is 4.90 Å². The van der Waals surface area contributed by atoms with Crippen molar-refractivity contribution in [3.05, 3.63) is 285 Å². The molecule has 0 saturated carbocycles. The van der Waals surface area contributed by atoms with Gasteiger partial charge in [0.15, 0.2) is 0 Å². The molecular formula is C68H47N. The third-order valence-electron chi connectivity index (χ3n) is 13.1. The second kappa shape index (κ2) is 18.3. The van der Waals surface area contributed by atoms with E-state index in [2.05, 4.69) is 182 Å². The van der Waals surface area contributed by atoms with Crippen LogP contribution in [-0.4, -0.2) is 0 Å². The summed E-state index contributed by atoms with van der Waals surface area (Å²) in [4.78, 5) is 1.87. The van der Waals surface area contributed by atoms with Gasteiger partial charge in [0.1, 0.15) is 0 Å². The summed E-state index contributed by atoms with van der Waals surface area (Å²) >= 11 is 0. The molecule has 0 atom stereocenters. The number of fused-ring (bicyclic) bond motifs is 2. The maximum Gasteiger partial charge on any atom is 0.0645 e. The molecule has 0 heterocycles. The van der Waals surface area contributed by atoms with E-state index in [-0.39, 0.29) is 35.4 Å². The molecular weight excluding hydrogens is 831 g/mol. The van der Waals surface area contributed by atoms with Crippen LogP contribution in [0.3, 0.4) is 0 Å². The van der Waals surface area contributed by atoms with Crippen molar-refractivity contribution in [2.24, 2.45) is 0 Å². The average molecular weight is 882 g/mol. The largest absolute Gasteiger partial charge is 0.311 e. The van der Waals surface area contributed by atoms with E-state index in [0.29, 0.717) is 16.9 Å². The van der Waals surface area contributed by atoms with E-state index in [1.165, 1.54) is 0 Å². The summed E-state index contributed by atoms with van der Waals surface area (Å²) < 4.78 is 38.7. The normalized spacial score (nSPS) is 12.0. The van der Waals surface area contributed by atoms with E-state index in [4.69, 9.17) is 0 Å². The van der Waals surface area contributed by atoms with Gasteiger partial charge in [-0.05, 0) is 154 Å². The average Bonchev–Trinajstić information content (AvgIpc) is 3.46. The number of hydrogen-bond acceptors (Lipinski definition) is 1. The molecule has 12 rings (SSSR count). The zero-order valence-corrected chi connectivity index (χ0v) is 37.8. The van der Waals surface area contributed by atoms with E-state index >= 15 is 0 Å². The van der Waals surface area contributed by atoms with Crippen LogP contribution in [0.4, 0.5) is 17.1 Å². The van der Waals surface area contributed by atoms with E-state index in [9.17, 15) is 5.48 Å². The van der Waals surface area contributed by atoms with E-state index in [1.54, 1.807) is 0 Å². The lowest BCUT2D eigenvalue weighted by Gasteiger charge is -2.26. The van der Waals surface area contributed by atoms with Crippen molar-refractivity contribution in [2.75, 3.05) is 4.90 Å². The van der Waals surface area contributed by atoms with Crippen LogP contribution in [0.15, 0.2) is 285 Å². The molecule has 1 heteroatoms. The van der Waals surface area contributed by atoms with Crippen molar-refractivity contribution in [3.63, 3.8) is 0 Å². The fourth-order valence-corrected chi connectivity index (χ4v) is 9.67. The SMILES string of the molecule is [2H]c1c([2H])c(N(c2ccc(-c3cc(-c4ccccc4)cc(-c4ccccc4)c3)cc2)c2ccc(-c3c(-c4ccccc4)ccc4ccccc34)cc2)c([2H])c([2H])c1-c1ccc(-c2cccc3ccccc23)cc1. The Morgan fingerprint density at radius 3 is 1.22 bits per heavy atom. The van der Waals surface area contributed by atoms with Crippen molar-refractivity contribution in [1.82, 2.24) is 0 Å². The summed E-state index contributed by atoms with van der Waals surface area (Å²) in [6.07, 6.45) is 0. The fourth-order valence-electron chi connectivity index (χ4n) is 9.67. The van der Waals surface area contributed by atoms with Crippen LogP contribution >= 0.6 is 0 Å². The van der Waals surface area contributed by atoms with Crippen molar-refractivity contribution in [3.8, 4) is 77.9 Å². The highest BCUT2D eigenvalue weighted by Gasteiger charge is 2.17. The molecule has 12 aromatic rings. The lowest BCUT2D eigenvalue weighted by Crippen LogP contribution is -2.09. The van der Waals surface area contributed by atoms with Crippen LogP contribution in [0.25, 0.3) is 99.4 Å². The molecule has 0 saturated heterocycles. The topological polar surface area (TPSA) is 3.24 Å². The molecule has 0 aromatic heterocycles. The maximum absolute atomic E-state index is 9.76. The lowest BCUT2D eigenvalue weighted by molar-refractivity contribution is 1.28. The molecule has 12 aromatic carbocycles. The van der Waals surface area contributed by atoms with Crippen molar-refractivity contribution < 1.29 is 5.48 Å². The summed E-state index contributed by atoms with van der Waals surface area (Å²) in [5.74, 6) is 0. The van der Waals surface area contributed by atoms with Gasteiger partial charge in [-0.15, -0.1) is 0 Å². The van der Waals surface area contributed by atoms with E-state index < -0.39 is 0 Å². The zero-order chi connectivity index (χ0) is 49.4. The Labute approximate surface area is 410 Å². The molecule has 0 amide bonds. The first-order valence-electron chi connectivity index (χ1n) is 25.4. The van der Waals surface area contributed by atoms with Gasteiger partial charge in [0.05, 0.1) is 5.48 Å². The summed E-state index contributed by atoms with van der Waals surface area (Å²) in [6, 6.07) is 89.1. The van der Waals surface area contributed by atoms with E-state index in [0.717, 1.165) is 88.3 Å². The van der Waals surface area contributed by atoms with Gasteiger partial charge < -0.3 is 4.90 Å². The summed E-state index contributed by atoms with van der Waals surface area (Å²) in [7, 11) is 0. The Balaban J connectivity index is 0.989. The third-order valence-corrected chi connectivity index (χ3v) is 13.1. The standard InChI is InChI=1S/C68H47N/c1-4-15-48(16-5-1)58-45-59(49-17-6-2-7-18-49)47-60(46-58)52-33-40-62(41-34-52)69(61-38-31-51(32-39-61)50-27-29-56(30-28-50)65-26-14-23-53-21-10-12-24-64(53)65)63-42-35-57(36-43-63)68-66-25-13-11-22-55(66)37-44-67(68)54-19-8-3-9-20-54/h1-47H/i31D,32D,38D,39D. The molecule has 0 aliphatic heterocycles. The van der Waals surface area contributed by atoms with Crippen LogP contribution in [0.2, 0.25) is 0 Å². The Bertz CT molecular complexity index is 3880. The monoisotopic (exact) mass is 881 g/mol. The second-order valence-corrected chi connectivity index (χ2v) is 17.4. The Morgan fingerprint density at radius 2 is 0.638 bits per heavy atom. The van der Waals surface area contributed by atoms with Gasteiger partial charge in [0, 0.05) is 17.1 Å². The Kier molecular flexibility index (Phi) is 9.85. The van der Waals surface area contributed by atoms with Gasteiger partial charge in [-0.25, -0.2) is 0 Å². The molecule has 0 radical (unpaired) electrons. The van der Waals surface area contributed by atoms with E-state index in [1.807, 2.05) is 83.8 Å². The highest BCUT2D eigenvalue weighted by molar-refractivity contribution is 6.04. The molecule has 0 N–H and O–H groups in total. The van der Waals surface area contributed by atoms with Gasteiger partial charge in [0.25, 0.3) is 0 Å². The zero-order valence-electron chi connectivity index (χ0n) is 41.8. The molecule has 0 spiro atoms. The number of rotatable bonds is 10. The van der Waals surface area contributed by atoms with Crippen LogP contribution in [-0.2, 0) is 0 Å². The van der Waals surface area contributed by atoms with Crippen molar-refractivity contribution >= 4 is 38.6 Å². The van der Waals surface area contributed by atoms with Crippen LogP contribution in [0.5, 0.6) is 0 Å². The molecule has 324 valence electrons. The lowest BCUT2D eigenvalue weighted by atomic mass is 9.89. The minimum absolute atomic E-state index is 0.110. The van der Waals surface area contributed by atoms with Gasteiger partial charge in [-0.2, -0.15) is 0 Å². The summed E-state index contributed by atoms with van der Waals surface area (Å²) in [5.41, 5.74) is 15.4. The van der Waals surface area contributed by atoms with Crippen LogP contribution in [0.1, 0.15) is 5.48 Å². The number of anilines is 3. The maximum atomic E-state index is 9.76. The Morgan fingerprint density at radius 1 is 0.232 bits per heavy atom. The van der Waals surface area contributed by atoms with Gasteiger partial charge in [0.2, 0.25) is 0 Å². The quantitative estimate of drug-likeness (QED) is 0.132. The van der Waals surface area contributed by atoms with Crippen molar-refractivity contribution in [2.45, 2.75) is 0 Å². The molecule has 1 nitrogen and oxygen atoms in total. The van der Waals surface area contributed by atoms with Gasteiger partial charge in [-0.3, -0.25) is 0 Å². The fraction of sp³-hybridized carbons (Fsp3) is 0. The molecule has 0 aliphatic carbocycles. The minimum atomic E-state index is -0.134. The molecule has 69 heavy (non-hydrogen) atoms. The third kappa shape index (κ3) is 8.28. The smallest absolute Gasteiger partial charge is 0.0645 e. The van der Waals surface area contributed by atoms with Gasteiger partial charge >= 0.3 is 0 Å². The first-order chi connectivity index (χ1) is 35.9. The Hall–Kier alpha value is -9.04. The molecule has 0 unspecified atom stereocenters. The molecule has 0 fully saturated rings. The first kappa shape index (κ1) is 37.1.